The first-order valence-electron chi connectivity index (χ1n) is 6.49. The molecular weight excluding hydrogens is 320 g/mol. The number of aldehydes is 1. The number of non-ortho nitro benzene ring substituents is 1. The number of hydrogen-bond acceptors (Lipinski definition) is 8. The quantitative estimate of drug-likeness (QED) is 0.202. The number of carbonyl (C=O) groups is 2. The molecule has 2 aromatic carbocycles. The topological polar surface area (TPSA) is 145 Å². The van der Waals surface area contributed by atoms with Gasteiger partial charge < -0.3 is 10.2 Å². The van der Waals surface area contributed by atoms with Crippen molar-refractivity contribution < 1.29 is 24.7 Å². The molecule has 0 saturated carbocycles. The van der Waals surface area contributed by atoms with Gasteiger partial charge in [0.1, 0.15) is 0 Å². The van der Waals surface area contributed by atoms with Gasteiger partial charge in [-0.3, -0.25) is 25.1 Å². The Labute approximate surface area is 135 Å². The molecule has 0 aliphatic heterocycles. The predicted molar refractivity (Wildman–Crippen MR) is 83.2 cm³/mol. The first-order valence-corrected chi connectivity index (χ1v) is 6.49. The molecule has 0 heterocycles. The summed E-state index contributed by atoms with van der Waals surface area (Å²) in [6.45, 7) is 0. The van der Waals surface area contributed by atoms with E-state index < -0.39 is 16.6 Å². The van der Waals surface area contributed by atoms with Crippen molar-refractivity contribution in [2.45, 2.75) is 0 Å². The molecule has 2 rings (SSSR count). The summed E-state index contributed by atoms with van der Waals surface area (Å²) in [5.74, 6) is -1.78. The van der Waals surface area contributed by atoms with Crippen molar-refractivity contribution in [3.05, 3.63) is 52.6 Å². The highest BCUT2D eigenvalue weighted by Crippen LogP contribution is 2.29. The van der Waals surface area contributed by atoms with Gasteiger partial charge in [0.2, 0.25) is 6.29 Å². The Hall–Kier alpha value is -3.82. The number of benzene rings is 2. The monoisotopic (exact) mass is 332 g/mol. The summed E-state index contributed by atoms with van der Waals surface area (Å²) in [5.41, 5.74) is 5.34. The third-order valence-electron chi connectivity index (χ3n) is 2.87. The minimum atomic E-state index is -0.975. The number of nitrogens with one attached hydrogen (secondary N) is 2. The van der Waals surface area contributed by atoms with Crippen LogP contribution < -0.4 is 16.0 Å². The van der Waals surface area contributed by atoms with Crippen LogP contribution in [0.15, 0.2) is 42.5 Å². The van der Waals surface area contributed by atoms with Crippen LogP contribution >= 0.6 is 0 Å². The van der Waals surface area contributed by atoms with Crippen molar-refractivity contribution in [1.29, 1.82) is 0 Å². The normalized spacial score (nSPS) is 9.83. The molecule has 0 unspecified atom stereocenters. The first kappa shape index (κ1) is 16.5. The maximum atomic E-state index is 11.3. The summed E-state index contributed by atoms with van der Waals surface area (Å²) >= 11 is 0. The number of nitro benzene ring substituents is 1. The predicted octanol–water partition coefficient (Wildman–Crippen LogP) is 1.07. The lowest BCUT2D eigenvalue weighted by molar-refractivity contribution is -0.384. The van der Waals surface area contributed by atoms with Crippen molar-refractivity contribution in [1.82, 2.24) is 5.43 Å². The number of nitrogens with zero attached hydrogens (tertiary/aromatic N) is 2. The molecule has 0 saturated heterocycles. The van der Waals surface area contributed by atoms with Gasteiger partial charge in [-0.1, -0.05) is 0 Å². The van der Waals surface area contributed by atoms with Crippen LogP contribution in [0.3, 0.4) is 0 Å². The van der Waals surface area contributed by atoms with E-state index in [0.29, 0.717) is 5.69 Å². The van der Waals surface area contributed by atoms with Crippen molar-refractivity contribution in [3.8, 4) is 11.5 Å². The SMILES string of the molecule is O=CC(=O)NN(Nc1ccc([N+](=O)[O-])cc1)c1ccc(O)c(O)c1. The van der Waals surface area contributed by atoms with E-state index in [1.54, 1.807) is 0 Å². The van der Waals surface area contributed by atoms with E-state index in [4.69, 9.17) is 0 Å². The van der Waals surface area contributed by atoms with Crippen LogP contribution in [0.5, 0.6) is 11.5 Å². The lowest BCUT2D eigenvalue weighted by Crippen LogP contribution is -2.46. The third-order valence-corrected chi connectivity index (χ3v) is 2.87. The number of phenols is 2. The van der Waals surface area contributed by atoms with Crippen LogP contribution in [0.2, 0.25) is 0 Å². The van der Waals surface area contributed by atoms with Crippen molar-refractivity contribution in [2.75, 3.05) is 10.5 Å². The summed E-state index contributed by atoms with van der Waals surface area (Å²) in [4.78, 5) is 31.9. The van der Waals surface area contributed by atoms with Crippen LogP contribution in [0.4, 0.5) is 17.1 Å². The number of phenolic OH excluding ortho intramolecular Hbond substituents is 2. The summed E-state index contributed by atoms with van der Waals surface area (Å²) in [6.07, 6.45) is 0.0464. The van der Waals surface area contributed by atoms with Gasteiger partial charge in [0.25, 0.3) is 5.69 Å². The molecular formula is C14H12N4O6. The van der Waals surface area contributed by atoms with E-state index in [9.17, 15) is 29.9 Å². The van der Waals surface area contributed by atoms with Crippen LogP contribution in [-0.4, -0.2) is 27.3 Å². The number of aromatic hydroxyl groups is 2. The Morgan fingerprint density at radius 2 is 1.79 bits per heavy atom. The van der Waals surface area contributed by atoms with E-state index in [1.165, 1.54) is 36.4 Å². The second-order valence-electron chi connectivity index (χ2n) is 4.52. The van der Waals surface area contributed by atoms with Crippen LogP contribution in [-0.2, 0) is 9.59 Å². The van der Waals surface area contributed by atoms with Gasteiger partial charge in [0.15, 0.2) is 11.5 Å². The zero-order valence-corrected chi connectivity index (χ0v) is 12.0. The molecule has 0 aromatic heterocycles. The molecule has 10 nitrogen and oxygen atoms in total. The summed E-state index contributed by atoms with van der Waals surface area (Å²) in [7, 11) is 0. The number of hydrogen-bond donors (Lipinski definition) is 4. The summed E-state index contributed by atoms with van der Waals surface area (Å²) in [5, 5.41) is 30.5. The Morgan fingerprint density at radius 1 is 1.12 bits per heavy atom. The minimum absolute atomic E-state index is 0.0464. The van der Waals surface area contributed by atoms with E-state index >= 15 is 0 Å². The number of carbonyl (C=O) groups excluding carboxylic acids is 2. The number of rotatable bonds is 6. The zero-order valence-electron chi connectivity index (χ0n) is 12.0. The number of amides is 1. The highest BCUT2D eigenvalue weighted by atomic mass is 16.6. The van der Waals surface area contributed by atoms with E-state index in [-0.39, 0.29) is 23.4 Å². The van der Waals surface area contributed by atoms with E-state index in [1.807, 2.05) is 0 Å². The molecule has 2 aromatic rings. The Morgan fingerprint density at radius 3 is 2.33 bits per heavy atom. The number of anilines is 2. The van der Waals surface area contributed by atoms with Gasteiger partial charge in [0.05, 0.1) is 16.3 Å². The molecule has 4 N–H and O–H groups in total. The molecule has 124 valence electrons. The first-order chi connectivity index (χ1) is 11.4. The average molecular weight is 332 g/mol. The van der Waals surface area contributed by atoms with Crippen LogP contribution in [0.25, 0.3) is 0 Å². The Balaban J connectivity index is 2.28. The largest absolute Gasteiger partial charge is 0.504 e. The Bertz CT molecular complexity index is 777. The van der Waals surface area contributed by atoms with Gasteiger partial charge in [-0.2, -0.15) is 5.12 Å². The van der Waals surface area contributed by atoms with E-state index in [2.05, 4.69) is 10.9 Å². The molecule has 0 fully saturated rings. The molecule has 0 atom stereocenters. The lowest BCUT2D eigenvalue weighted by Gasteiger charge is -2.25. The van der Waals surface area contributed by atoms with Gasteiger partial charge >= 0.3 is 5.91 Å². The molecule has 0 radical (unpaired) electrons. The van der Waals surface area contributed by atoms with Crippen molar-refractivity contribution >= 4 is 29.3 Å². The molecule has 0 spiro atoms. The van der Waals surface area contributed by atoms with Crippen LogP contribution in [0, 0.1) is 10.1 Å². The fraction of sp³-hybridized carbons (Fsp3) is 0. The molecule has 0 aliphatic carbocycles. The smallest absolute Gasteiger partial charge is 0.304 e. The average Bonchev–Trinajstić information content (AvgIpc) is 2.57. The molecule has 0 bridgehead atoms. The van der Waals surface area contributed by atoms with Gasteiger partial charge in [0, 0.05) is 18.2 Å². The maximum Gasteiger partial charge on any atom is 0.304 e. The highest BCUT2D eigenvalue weighted by molar-refractivity contribution is 6.24. The number of hydrazine groups is 2. The summed E-state index contributed by atoms with van der Waals surface area (Å²) < 4.78 is 0. The fourth-order valence-corrected chi connectivity index (χ4v) is 1.73. The molecule has 0 aliphatic rings. The highest BCUT2D eigenvalue weighted by Gasteiger charge is 2.13. The van der Waals surface area contributed by atoms with Crippen molar-refractivity contribution in [2.24, 2.45) is 0 Å². The van der Waals surface area contributed by atoms with Gasteiger partial charge in [-0.25, -0.2) is 5.43 Å². The zero-order chi connectivity index (χ0) is 17.7. The van der Waals surface area contributed by atoms with E-state index in [0.717, 1.165) is 11.2 Å². The van der Waals surface area contributed by atoms with Gasteiger partial charge in [-0.15, -0.1) is 0 Å². The standard InChI is InChI=1S/C14H12N4O6/c19-8-14(22)16-17(11-5-6-12(20)13(21)7-11)15-9-1-3-10(4-2-9)18(23)24/h1-8,15,20-21H,(H,16,22). The van der Waals surface area contributed by atoms with Crippen LogP contribution in [0.1, 0.15) is 0 Å². The Kier molecular flexibility index (Phi) is 4.80. The lowest BCUT2D eigenvalue weighted by atomic mass is 10.2. The number of nitro groups is 1. The third kappa shape index (κ3) is 3.88. The second kappa shape index (κ2) is 6.96. The van der Waals surface area contributed by atoms with Gasteiger partial charge in [-0.05, 0) is 24.3 Å². The van der Waals surface area contributed by atoms with Crippen molar-refractivity contribution in [3.63, 3.8) is 0 Å². The fourth-order valence-electron chi connectivity index (χ4n) is 1.73. The minimum Gasteiger partial charge on any atom is -0.504 e. The molecule has 10 heteroatoms. The molecule has 24 heavy (non-hydrogen) atoms. The molecule has 1 amide bonds. The maximum absolute atomic E-state index is 11.3. The second-order valence-corrected chi connectivity index (χ2v) is 4.52. The summed E-state index contributed by atoms with van der Waals surface area (Å²) in [6, 6.07) is 8.95.